The highest BCUT2D eigenvalue weighted by Crippen LogP contribution is 2.04. The molecule has 0 saturated carbocycles. The van der Waals surface area contributed by atoms with Crippen LogP contribution in [0.5, 0.6) is 0 Å². The van der Waals surface area contributed by atoms with E-state index >= 15 is 0 Å². The number of primary amides is 1. The molecule has 0 bridgehead atoms. The molecule has 0 aliphatic rings. The number of likely N-dealkylation sites (N-methyl/N-ethyl adjacent to an activating group) is 1. The SMILES string of the molecule is CCN(C(N)=O)C(=O)[CH]c1ccccc1. The molecule has 0 unspecified atom stereocenters. The van der Waals surface area contributed by atoms with Crippen LogP contribution in [0.3, 0.4) is 0 Å². The Bertz CT molecular complexity index is 349. The lowest BCUT2D eigenvalue weighted by Crippen LogP contribution is -2.40. The quantitative estimate of drug-likeness (QED) is 0.804. The van der Waals surface area contributed by atoms with Crippen molar-refractivity contribution in [2.24, 2.45) is 5.73 Å². The average Bonchev–Trinajstić information content (AvgIpc) is 2.19. The van der Waals surface area contributed by atoms with Crippen molar-refractivity contribution in [1.82, 2.24) is 4.90 Å². The summed E-state index contributed by atoms with van der Waals surface area (Å²) in [6.07, 6.45) is 1.38. The van der Waals surface area contributed by atoms with Gasteiger partial charge in [0.15, 0.2) is 0 Å². The number of hydrogen-bond acceptors (Lipinski definition) is 2. The lowest BCUT2D eigenvalue weighted by Gasteiger charge is -2.15. The zero-order valence-electron chi connectivity index (χ0n) is 8.51. The van der Waals surface area contributed by atoms with Gasteiger partial charge in [-0.25, -0.2) is 4.79 Å². The second-order valence-electron chi connectivity index (χ2n) is 2.98. The number of nitrogens with two attached hydrogens (primary N) is 1. The molecule has 0 fully saturated rings. The number of rotatable bonds is 3. The van der Waals surface area contributed by atoms with Gasteiger partial charge in [0.1, 0.15) is 0 Å². The number of urea groups is 1. The second kappa shape index (κ2) is 5.14. The monoisotopic (exact) mass is 205 g/mol. The van der Waals surface area contributed by atoms with Crippen molar-refractivity contribution in [3.63, 3.8) is 0 Å². The number of imide groups is 1. The number of hydrogen-bond donors (Lipinski definition) is 1. The Morgan fingerprint density at radius 3 is 2.40 bits per heavy atom. The summed E-state index contributed by atoms with van der Waals surface area (Å²) in [6, 6.07) is 8.33. The molecular weight excluding hydrogens is 192 g/mol. The van der Waals surface area contributed by atoms with Crippen molar-refractivity contribution in [2.75, 3.05) is 6.54 Å². The minimum Gasteiger partial charge on any atom is -0.351 e. The number of nitrogens with zero attached hydrogens (tertiary/aromatic N) is 1. The summed E-state index contributed by atoms with van der Waals surface area (Å²) in [5, 5.41) is 0. The van der Waals surface area contributed by atoms with Crippen LogP contribution in [0, 0.1) is 6.42 Å². The second-order valence-corrected chi connectivity index (χ2v) is 2.98. The zero-order chi connectivity index (χ0) is 11.3. The van der Waals surface area contributed by atoms with Gasteiger partial charge in [0.05, 0.1) is 6.42 Å². The third-order valence-electron chi connectivity index (χ3n) is 1.94. The lowest BCUT2D eigenvalue weighted by atomic mass is 10.1. The van der Waals surface area contributed by atoms with E-state index in [0.717, 1.165) is 10.5 Å². The highest BCUT2D eigenvalue weighted by Gasteiger charge is 2.16. The Balaban J connectivity index is 2.66. The van der Waals surface area contributed by atoms with Crippen LogP contribution in [0.4, 0.5) is 4.79 Å². The minimum atomic E-state index is -0.727. The molecule has 0 aliphatic heterocycles. The van der Waals surface area contributed by atoms with E-state index in [1.54, 1.807) is 19.1 Å². The van der Waals surface area contributed by atoms with E-state index in [9.17, 15) is 9.59 Å². The summed E-state index contributed by atoms with van der Waals surface area (Å²) in [7, 11) is 0. The van der Waals surface area contributed by atoms with Crippen molar-refractivity contribution >= 4 is 11.9 Å². The summed E-state index contributed by atoms with van der Waals surface area (Å²) in [5.74, 6) is -0.392. The molecule has 1 aromatic rings. The molecule has 0 aliphatic carbocycles. The van der Waals surface area contributed by atoms with Crippen LogP contribution in [-0.4, -0.2) is 23.4 Å². The third kappa shape index (κ3) is 3.09. The molecule has 0 aromatic heterocycles. The fourth-order valence-corrected chi connectivity index (χ4v) is 1.19. The number of carbonyl (C=O) groups is 2. The van der Waals surface area contributed by atoms with E-state index in [0.29, 0.717) is 0 Å². The first-order valence-electron chi connectivity index (χ1n) is 4.66. The molecule has 4 heteroatoms. The zero-order valence-corrected chi connectivity index (χ0v) is 8.51. The van der Waals surface area contributed by atoms with E-state index in [-0.39, 0.29) is 6.54 Å². The third-order valence-corrected chi connectivity index (χ3v) is 1.94. The largest absolute Gasteiger partial charge is 0.351 e. The van der Waals surface area contributed by atoms with Crippen molar-refractivity contribution in [3.8, 4) is 0 Å². The normalized spacial score (nSPS) is 9.67. The topological polar surface area (TPSA) is 63.4 Å². The van der Waals surface area contributed by atoms with Gasteiger partial charge in [-0.1, -0.05) is 30.3 Å². The van der Waals surface area contributed by atoms with E-state index in [1.807, 2.05) is 18.2 Å². The van der Waals surface area contributed by atoms with E-state index in [4.69, 9.17) is 5.73 Å². The summed E-state index contributed by atoms with van der Waals surface area (Å²) >= 11 is 0. The van der Waals surface area contributed by atoms with Gasteiger partial charge in [-0.15, -0.1) is 0 Å². The van der Waals surface area contributed by atoms with Gasteiger partial charge in [-0.2, -0.15) is 0 Å². The van der Waals surface area contributed by atoms with Crippen molar-refractivity contribution in [2.45, 2.75) is 6.92 Å². The first-order chi connectivity index (χ1) is 7.15. The first-order valence-corrected chi connectivity index (χ1v) is 4.66. The molecular formula is C11H13N2O2. The number of benzene rings is 1. The van der Waals surface area contributed by atoms with Crippen LogP contribution in [0.1, 0.15) is 12.5 Å². The Morgan fingerprint density at radius 1 is 1.33 bits per heavy atom. The van der Waals surface area contributed by atoms with Gasteiger partial charge in [-0.05, 0) is 12.5 Å². The highest BCUT2D eigenvalue weighted by atomic mass is 16.2. The van der Waals surface area contributed by atoms with Gasteiger partial charge in [-0.3, -0.25) is 9.69 Å². The fraction of sp³-hybridized carbons (Fsp3) is 0.182. The predicted octanol–water partition coefficient (Wildman–Crippen LogP) is 1.17. The Kier molecular flexibility index (Phi) is 3.85. The number of carbonyl (C=O) groups excluding carboxylic acids is 2. The van der Waals surface area contributed by atoms with Gasteiger partial charge >= 0.3 is 6.03 Å². The Labute approximate surface area is 88.7 Å². The maximum absolute atomic E-state index is 11.6. The van der Waals surface area contributed by atoms with Crippen LogP contribution in [0.15, 0.2) is 30.3 Å². The van der Waals surface area contributed by atoms with Gasteiger partial charge < -0.3 is 5.73 Å². The Morgan fingerprint density at radius 2 is 1.93 bits per heavy atom. The van der Waals surface area contributed by atoms with E-state index < -0.39 is 11.9 Å². The fourth-order valence-electron chi connectivity index (χ4n) is 1.19. The van der Waals surface area contributed by atoms with Gasteiger partial charge in [0, 0.05) is 6.54 Å². The molecule has 0 atom stereocenters. The molecule has 15 heavy (non-hydrogen) atoms. The van der Waals surface area contributed by atoms with Crippen LogP contribution >= 0.6 is 0 Å². The maximum atomic E-state index is 11.6. The maximum Gasteiger partial charge on any atom is 0.321 e. The molecule has 79 valence electrons. The molecule has 4 nitrogen and oxygen atoms in total. The standard InChI is InChI=1S/C11H13N2O2/c1-2-13(11(12)15)10(14)8-9-6-4-3-5-7-9/h3-8H,2H2,1H3,(H2,12,15). The van der Waals surface area contributed by atoms with Crippen LogP contribution < -0.4 is 5.73 Å². The summed E-state index contributed by atoms with van der Waals surface area (Å²) in [6.45, 7) is 1.97. The van der Waals surface area contributed by atoms with Crippen molar-refractivity contribution in [3.05, 3.63) is 42.3 Å². The molecule has 0 saturated heterocycles. The summed E-state index contributed by atoms with van der Waals surface area (Å²) in [4.78, 5) is 23.4. The highest BCUT2D eigenvalue weighted by molar-refractivity contribution is 5.99. The van der Waals surface area contributed by atoms with Crippen LogP contribution in [-0.2, 0) is 4.79 Å². The van der Waals surface area contributed by atoms with Crippen molar-refractivity contribution in [1.29, 1.82) is 0 Å². The minimum absolute atomic E-state index is 0.275. The lowest BCUT2D eigenvalue weighted by molar-refractivity contribution is -0.124. The average molecular weight is 205 g/mol. The molecule has 0 spiro atoms. The van der Waals surface area contributed by atoms with Crippen molar-refractivity contribution < 1.29 is 9.59 Å². The van der Waals surface area contributed by atoms with Gasteiger partial charge in [0.2, 0.25) is 5.91 Å². The summed E-state index contributed by atoms with van der Waals surface area (Å²) < 4.78 is 0. The Hall–Kier alpha value is -1.84. The van der Waals surface area contributed by atoms with Crippen LogP contribution in [0.25, 0.3) is 0 Å². The van der Waals surface area contributed by atoms with Gasteiger partial charge in [0.25, 0.3) is 0 Å². The molecule has 1 radical (unpaired) electrons. The molecule has 3 amide bonds. The van der Waals surface area contributed by atoms with E-state index in [1.165, 1.54) is 6.42 Å². The molecule has 2 N–H and O–H groups in total. The van der Waals surface area contributed by atoms with E-state index in [2.05, 4.69) is 0 Å². The molecule has 1 aromatic carbocycles. The predicted molar refractivity (Wildman–Crippen MR) is 56.8 cm³/mol. The molecule has 1 rings (SSSR count). The first kappa shape index (κ1) is 11.2. The molecule has 0 heterocycles. The smallest absolute Gasteiger partial charge is 0.321 e. The summed E-state index contributed by atoms with van der Waals surface area (Å²) in [5.41, 5.74) is 5.80. The number of amides is 3. The van der Waals surface area contributed by atoms with Crippen LogP contribution in [0.2, 0.25) is 0 Å².